The van der Waals surface area contributed by atoms with Crippen LogP contribution in [-0.2, 0) is 10.0 Å². The van der Waals surface area contributed by atoms with Crippen LogP contribution in [0.3, 0.4) is 0 Å². The minimum absolute atomic E-state index is 0.0464. The molecule has 0 saturated carbocycles. The van der Waals surface area contributed by atoms with E-state index in [1.807, 2.05) is 0 Å². The van der Waals surface area contributed by atoms with Crippen LogP contribution in [-0.4, -0.2) is 8.42 Å². The van der Waals surface area contributed by atoms with Crippen LogP contribution >= 0.6 is 15.9 Å². The van der Waals surface area contributed by atoms with Crippen LogP contribution in [0.4, 0.5) is 4.39 Å². The first-order valence-electron chi connectivity index (χ1n) is 5.54. The number of nitrogens with two attached hydrogens (primary N) is 1. The largest absolute Gasteiger partial charge is 0.457 e. The number of sulfonamides is 1. The number of hydrogen-bond acceptors (Lipinski definition) is 3. The zero-order chi connectivity index (χ0) is 14.9. The number of ether oxygens (including phenoxy) is 1. The van der Waals surface area contributed by atoms with Gasteiger partial charge in [-0.2, -0.15) is 0 Å². The lowest BCUT2D eigenvalue weighted by Gasteiger charge is -2.09. The summed E-state index contributed by atoms with van der Waals surface area (Å²) in [7, 11) is -3.75. The van der Waals surface area contributed by atoms with Gasteiger partial charge in [0, 0.05) is 0 Å². The fourth-order valence-electron chi connectivity index (χ4n) is 1.68. The average Bonchev–Trinajstić information content (AvgIpc) is 2.32. The van der Waals surface area contributed by atoms with Crippen molar-refractivity contribution in [1.29, 1.82) is 0 Å². The Morgan fingerprint density at radius 3 is 2.30 bits per heavy atom. The molecule has 0 unspecified atom stereocenters. The summed E-state index contributed by atoms with van der Waals surface area (Å²) < 4.78 is 41.5. The van der Waals surface area contributed by atoms with E-state index in [0.717, 1.165) is 0 Å². The highest BCUT2D eigenvalue weighted by Gasteiger charge is 2.12. The van der Waals surface area contributed by atoms with Crippen LogP contribution < -0.4 is 9.88 Å². The Balaban J connectivity index is 2.31. The monoisotopic (exact) mass is 359 g/mol. The van der Waals surface area contributed by atoms with Crippen molar-refractivity contribution in [3.63, 3.8) is 0 Å². The lowest BCUT2D eigenvalue weighted by atomic mass is 10.2. The molecule has 2 aromatic rings. The number of halogens is 2. The maximum absolute atomic E-state index is 13.1. The zero-order valence-corrected chi connectivity index (χ0v) is 12.8. The predicted molar refractivity (Wildman–Crippen MR) is 76.7 cm³/mol. The lowest BCUT2D eigenvalue weighted by molar-refractivity contribution is 0.479. The highest BCUT2D eigenvalue weighted by Crippen LogP contribution is 2.28. The van der Waals surface area contributed by atoms with Gasteiger partial charge < -0.3 is 4.74 Å². The molecule has 0 spiro atoms. The van der Waals surface area contributed by atoms with Crippen molar-refractivity contribution in [3.8, 4) is 11.5 Å². The van der Waals surface area contributed by atoms with Crippen molar-refractivity contribution < 1.29 is 17.5 Å². The molecule has 0 aliphatic heterocycles. The second kappa shape index (κ2) is 5.51. The Morgan fingerprint density at radius 1 is 1.15 bits per heavy atom. The van der Waals surface area contributed by atoms with Crippen molar-refractivity contribution in [2.45, 2.75) is 11.8 Å². The van der Waals surface area contributed by atoms with Gasteiger partial charge in [0.1, 0.15) is 17.3 Å². The fourth-order valence-corrected chi connectivity index (χ4v) is 2.80. The molecule has 0 bridgehead atoms. The second-order valence-corrected chi connectivity index (χ2v) is 6.53. The highest BCUT2D eigenvalue weighted by molar-refractivity contribution is 9.10. The number of rotatable bonds is 3. The molecule has 0 radical (unpaired) electrons. The predicted octanol–water partition coefficient (Wildman–Crippen LogP) is 3.34. The van der Waals surface area contributed by atoms with Crippen LogP contribution in [0.25, 0.3) is 0 Å². The molecule has 106 valence electrons. The number of benzene rings is 2. The van der Waals surface area contributed by atoms with E-state index < -0.39 is 15.8 Å². The van der Waals surface area contributed by atoms with Crippen LogP contribution in [0.2, 0.25) is 0 Å². The molecule has 2 rings (SSSR count). The first-order chi connectivity index (χ1) is 9.27. The molecular formula is C13H11BrFNO3S. The minimum atomic E-state index is -3.75. The van der Waals surface area contributed by atoms with E-state index in [-0.39, 0.29) is 9.37 Å². The van der Waals surface area contributed by atoms with Crippen LogP contribution in [0.1, 0.15) is 5.56 Å². The molecule has 0 amide bonds. The molecule has 2 aromatic carbocycles. The normalized spacial score (nSPS) is 11.4. The van der Waals surface area contributed by atoms with Crippen LogP contribution in [0, 0.1) is 12.7 Å². The Hall–Kier alpha value is -1.44. The number of hydrogen-bond donors (Lipinski definition) is 1. The molecule has 20 heavy (non-hydrogen) atoms. The molecule has 0 saturated heterocycles. The molecule has 0 aromatic heterocycles. The molecule has 4 nitrogen and oxygen atoms in total. The average molecular weight is 360 g/mol. The summed E-state index contributed by atoms with van der Waals surface area (Å²) in [5.41, 5.74) is 0.478. The topological polar surface area (TPSA) is 69.4 Å². The van der Waals surface area contributed by atoms with E-state index in [1.165, 1.54) is 30.3 Å². The van der Waals surface area contributed by atoms with E-state index in [9.17, 15) is 12.8 Å². The van der Waals surface area contributed by atoms with Gasteiger partial charge in [0.25, 0.3) is 0 Å². The third-order valence-electron chi connectivity index (χ3n) is 2.58. The fraction of sp³-hybridized carbons (Fsp3) is 0.0769. The van der Waals surface area contributed by atoms with Gasteiger partial charge in [0.05, 0.1) is 9.37 Å². The highest BCUT2D eigenvalue weighted by atomic mass is 79.9. The molecule has 0 fully saturated rings. The first kappa shape index (κ1) is 15.0. The summed E-state index contributed by atoms with van der Waals surface area (Å²) in [6, 6.07) is 8.64. The maximum atomic E-state index is 13.1. The summed E-state index contributed by atoms with van der Waals surface area (Å²) in [4.78, 5) is 0.0464. The van der Waals surface area contributed by atoms with Crippen molar-refractivity contribution in [2.24, 2.45) is 5.14 Å². The molecule has 0 aliphatic rings. The summed E-state index contributed by atoms with van der Waals surface area (Å²) in [5.74, 6) is 0.479. The van der Waals surface area contributed by atoms with Crippen LogP contribution in [0.5, 0.6) is 11.5 Å². The SMILES string of the molecule is Cc1cc(Oc2ccc(F)c(Br)c2)ccc1S(N)(=O)=O. The second-order valence-electron chi connectivity index (χ2n) is 4.15. The summed E-state index contributed by atoms with van der Waals surface area (Å²) >= 11 is 3.06. The molecule has 0 aliphatic carbocycles. The van der Waals surface area contributed by atoms with Gasteiger partial charge in [0.2, 0.25) is 10.0 Å². The summed E-state index contributed by atoms with van der Waals surface area (Å²) in [5, 5.41) is 5.08. The summed E-state index contributed by atoms with van der Waals surface area (Å²) in [6.45, 7) is 1.62. The van der Waals surface area contributed by atoms with Gasteiger partial charge in [-0.05, 0) is 64.8 Å². The Labute approximate surface area is 124 Å². The molecule has 2 N–H and O–H groups in total. The van der Waals surface area contributed by atoms with Gasteiger partial charge in [-0.3, -0.25) is 0 Å². The number of aryl methyl sites for hydroxylation is 1. The molecular weight excluding hydrogens is 349 g/mol. The Kier molecular flexibility index (Phi) is 4.12. The van der Waals surface area contributed by atoms with E-state index >= 15 is 0 Å². The van der Waals surface area contributed by atoms with Gasteiger partial charge in [-0.15, -0.1) is 0 Å². The van der Waals surface area contributed by atoms with E-state index in [2.05, 4.69) is 15.9 Å². The van der Waals surface area contributed by atoms with Gasteiger partial charge in [-0.1, -0.05) is 0 Å². The van der Waals surface area contributed by atoms with E-state index in [4.69, 9.17) is 9.88 Å². The van der Waals surface area contributed by atoms with Gasteiger partial charge in [0.15, 0.2) is 0 Å². The van der Waals surface area contributed by atoms with Crippen LogP contribution in [0.15, 0.2) is 45.8 Å². The third-order valence-corrected chi connectivity index (χ3v) is 4.26. The number of primary sulfonamides is 1. The summed E-state index contributed by atoms with van der Waals surface area (Å²) in [6.07, 6.45) is 0. The van der Waals surface area contributed by atoms with Gasteiger partial charge in [-0.25, -0.2) is 17.9 Å². The van der Waals surface area contributed by atoms with Crippen molar-refractivity contribution >= 4 is 26.0 Å². The standard InChI is InChI=1S/C13H11BrFNO3S/c1-8-6-9(3-5-13(8)20(16,17)18)19-10-2-4-12(15)11(14)7-10/h2-7H,1H3,(H2,16,17,18). The van der Waals surface area contributed by atoms with Crippen molar-refractivity contribution in [3.05, 3.63) is 52.3 Å². The Bertz CT molecular complexity index is 762. The van der Waals surface area contributed by atoms with Crippen molar-refractivity contribution in [2.75, 3.05) is 0 Å². The first-order valence-corrected chi connectivity index (χ1v) is 7.87. The zero-order valence-electron chi connectivity index (χ0n) is 10.4. The van der Waals surface area contributed by atoms with E-state index in [1.54, 1.807) is 13.0 Å². The maximum Gasteiger partial charge on any atom is 0.238 e. The molecule has 7 heteroatoms. The lowest BCUT2D eigenvalue weighted by Crippen LogP contribution is -2.13. The molecule has 0 heterocycles. The van der Waals surface area contributed by atoms with Gasteiger partial charge >= 0.3 is 0 Å². The van der Waals surface area contributed by atoms with Crippen molar-refractivity contribution in [1.82, 2.24) is 0 Å². The quantitative estimate of drug-likeness (QED) is 0.913. The smallest absolute Gasteiger partial charge is 0.238 e. The van der Waals surface area contributed by atoms with E-state index in [0.29, 0.717) is 17.1 Å². The third kappa shape index (κ3) is 3.36. The Morgan fingerprint density at radius 2 is 1.75 bits per heavy atom. The minimum Gasteiger partial charge on any atom is -0.457 e. The molecule has 0 atom stereocenters.